The third-order valence-electron chi connectivity index (χ3n) is 5.01. The number of benzene rings is 1. The first-order chi connectivity index (χ1) is 14.0. The number of piperidine rings is 1. The van der Waals surface area contributed by atoms with Crippen LogP contribution >= 0.6 is 0 Å². The van der Waals surface area contributed by atoms with E-state index in [-0.39, 0.29) is 30.2 Å². The van der Waals surface area contributed by atoms with Gasteiger partial charge < -0.3 is 15.4 Å². The summed E-state index contributed by atoms with van der Waals surface area (Å²) in [5, 5.41) is 5.76. The number of hydrogen-bond donors (Lipinski definition) is 2. The van der Waals surface area contributed by atoms with E-state index in [9.17, 15) is 14.4 Å². The number of rotatable bonds is 10. The van der Waals surface area contributed by atoms with Crippen LogP contribution in [0.25, 0.3) is 0 Å². The van der Waals surface area contributed by atoms with E-state index in [0.717, 1.165) is 19.3 Å². The third-order valence-corrected chi connectivity index (χ3v) is 5.01. The van der Waals surface area contributed by atoms with Crippen molar-refractivity contribution in [3.8, 4) is 0 Å². The Morgan fingerprint density at radius 3 is 2.31 bits per heavy atom. The minimum absolute atomic E-state index is 0.00797. The van der Waals surface area contributed by atoms with Crippen LogP contribution in [0.5, 0.6) is 0 Å². The van der Waals surface area contributed by atoms with Crippen LogP contribution in [0.3, 0.4) is 0 Å². The molecule has 7 heteroatoms. The second-order valence-corrected chi connectivity index (χ2v) is 7.44. The molecule has 1 aliphatic heterocycles. The van der Waals surface area contributed by atoms with Gasteiger partial charge in [0.05, 0.1) is 19.1 Å². The average molecular weight is 404 g/mol. The molecule has 1 saturated heterocycles. The molecule has 2 N–H and O–H groups in total. The Morgan fingerprint density at radius 2 is 1.69 bits per heavy atom. The number of amides is 2. The van der Waals surface area contributed by atoms with Gasteiger partial charge in [-0.2, -0.15) is 0 Å². The maximum absolute atomic E-state index is 12.4. The summed E-state index contributed by atoms with van der Waals surface area (Å²) in [5.74, 6) is -0.311. The summed E-state index contributed by atoms with van der Waals surface area (Å²) in [6.07, 6.45) is 4.94. The summed E-state index contributed by atoms with van der Waals surface area (Å²) < 4.78 is 5.08. The standard InChI is InChI=1S/C22H33N3O4/c1-3-5-6-10-20(26)23-18-8-7-9-19(15-18)24-21(27)16-25-13-11-17(12-14-25)22(28)29-4-2/h7-9,15,17H,3-6,10-14,16H2,1-2H3,(H,23,26)(H,24,27). The van der Waals surface area contributed by atoms with Crippen molar-refractivity contribution in [2.45, 2.75) is 52.4 Å². The van der Waals surface area contributed by atoms with Gasteiger partial charge in [-0.05, 0) is 57.5 Å². The first-order valence-corrected chi connectivity index (χ1v) is 10.6. The van der Waals surface area contributed by atoms with E-state index in [1.165, 1.54) is 0 Å². The Hall–Kier alpha value is -2.41. The van der Waals surface area contributed by atoms with E-state index in [2.05, 4.69) is 17.6 Å². The van der Waals surface area contributed by atoms with Crippen LogP contribution in [0.4, 0.5) is 11.4 Å². The number of ether oxygens (including phenoxy) is 1. The predicted octanol–water partition coefficient (Wildman–Crippen LogP) is 3.42. The normalized spacial score (nSPS) is 15.0. The van der Waals surface area contributed by atoms with Gasteiger partial charge in [0.15, 0.2) is 0 Å². The van der Waals surface area contributed by atoms with Gasteiger partial charge in [0.25, 0.3) is 0 Å². The van der Waals surface area contributed by atoms with E-state index < -0.39 is 0 Å². The molecular formula is C22H33N3O4. The number of unbranched alkanes of at least 4 members (excludes halogenated alkanes) is 2. The number of likely N-dealkylation sites (tertiary alicyclic amines) is 1. The maximum Gasteiger partial charge on any atom is 0.309 e. The maximum atomic E-state index is 12.4. The Kier molecular flexibility index (Phi) is 9.64. The summed E-state index contributed by atoms with van der Waals surface area (Å²) in [6, 6.07) is 7.19. The van der Waals surface area contributed by atoms with Crippen LogP contribution in [0.1, 0.15) is 52.4 Å². The number of nitrogens with zero attached hydrogens (tertiary/aromatic N) is 1. The van der Waals surface area contributed by atoms with Crippen molar-refractivity contribution in [1.82, 2.24) is 4.90 Å². The van der Waals surface area contributed by atoms with E-state index in [0.29, 0.717) is 50.3 Å². The number of anilines is 2. The van der Waals surface area contributed by atoms with E-state index in [1.807, 2.05) is 24.0 Å². The zero-order valence-corrected chi connectivity index (χ0v) is 17.5. The molecule has 2 amide bonds. The first-order valence-electron chi connectivity index (χ1n) is 10.6. The highest BCUT2D eigenvalue weighted by molar-refractivity contribution is 5.94. The van der Waals surface area contributed by atoms with Gasteiger partial charge in [-0.1, -0.05) is 25.8 Å². The minimum Gasteiger partial charge on any atom is -0.466 e. The van der Waals surface area contributed by atoms with E-state index in [4.69, 9.17) is 4.74 Å². The Bertz CT molecular complexity index is 684. The van der Waals surface area contributed by atoms with Gasteiger partial charge in [-0.25, -0.2) is 0 Å². The number of esters is 1. The van der Waals surface area contributed by atoms with Gasteiger partial charge >= 0.3 is 5.97 Å². The van der Waals surface area contributed by atoms with E-state index in [1.54, 1.807) is 12.1 Å². The molecule has 1 aromatic carbocycles. The minimum atomic E-state index is -0.134. The Balaban J connectivity index is 1.76. The van der Waals surface area contributed by atoms with Crippen LogP contribution in [-0.4, -0.2) is 48.9 Å². The first kappa shape index (κ1) is 22.9. The summed E-state index contributed by atoms with van der Waals surface area (Å²) in [6.45, 7) is 6.00. The van der Waals surface area contributed by atoms with Crippen LogP contribution < -0.4 is 10.6 Å². The Morgan fingerprint density at radius 1 is 1.03 bits per heavy atom. The highest BCUT2D eigenvalue weighted by Crippen LogP contribution is 2.19. The van der Waals surface area contributed by atoms with Crippen LogP contribution in [-0.2, 0) is 19.1 Å². The van der Waals surface area contributed by atoms with Crippen LogP contribution in [0.2, 0.25) is 0 Å². The Labute approximate surface area is 173 Å². The molecule has 0 aromatic heterocycles. The fraction of sp³-hybridized carbons (Fsp3) is 0.591. The van der Waals surface area contributed by atoms with Gasteiger partial charge in [0, 0.05) is 17.8 Å². The fourth-order valence-corrected chi connectivity index (χ4v) is 3.42. The molecular weight excluding hydrogens is 370 g/mol. The predicted molar refractivity (Wildman–Crippen MR) is 114 cm³/mol. The van der Waals surface area contributed by atoms with Crippen molar-refractivity contribution in [3.63, 3.8) is 0 Å². The fourth-order valence-electron chi connectivity index (χ4n) is 3.42. The zero-order valence-electron chi connectivity index (χ0n) is 17.5. The largest absolute Gasteiger partial charge is 0.466 e. The lowest BCUT2D eigenvalue weighted by atomic mass is 9.97. The lowest BCUT2D eigenvalue weighted by Crippen LogP contribution is -2.41. The summed E-state index contributed by atoms with van der Waals surface area (Å²) in [5.41, 5.74) is 1.34. The smallest absolute Gasteiger partial charge is 0.309 e. The highest BCUT2D eigenvalue weighted by atomic mass is 16.5. The molecule has 0 spiro atoms. The van der Waals surface area contributed by atoms with E-state index >= 15 is 0 Å². The molecule has 7 nitrogen and oxygen atoms in total. The van der Waals surface area contributed by atoms with Crippen LogP contribution in [0.15, 0.2) is 24.3 Å². The second-order valence-electron chi connectivity index (χ2n) is 7.44. The molecule has 160 valence electrons. The molecule has 1 aromatic rings. The number of hydrogen-bond acceptors (Lipinski definition) is 5. The monoisotopic (exact) mass is 403 g/mol. The van der Waals surface area contributed by atoms with Gasteiger partial charge in [-0.15, -0.1) is 0 Å². The van der Waals surface area contributed by atoms with Crippen molar-refractivity contribution in [3.05, 3.63) is 24.3 Å². The molecule has 1 fully saturated rings. The molecule has 1 heterocycles. The van der Waals surface area contributed by atoms with Crippen molar-refractivity contribution in [1.29, 1.82) is 0 Å². The third kappa shape index (κ3) is 8.23. The van der Waals surface area contributed by atoms with Gasteiger partial charge in [0.1, 0.15) is 0 Å². The van der Waals surface area contributed by atoms with Crippen molar-refractivity contribution in [2.24, 2.45) is 5.92 Å². The number of carbonyl (C=O) groups excluding carboxylic acids is 3. The SMILES string of the molecule is CCCCCC(=O)Nc1cccc(NC(=O)CN2CCC(C(=O)OCC)CC2)c1. The quantitative estimate of drug-likeness (QED) is 0.462. The molecule has 0 bridgehead atoms. The summed E-state index contributed by atoms with van der Waals surface area (Å²) in [7, 11) is 0. The molecule has 0 aliphatic carbocycles. The molecule has 0 unspecified atom stereocenters. The van der Waals surface area contributed by atoms with Crippen molar-refractivity contribution >= 4 is 29.2 Å². The van der Waals surface area contributed by atoms with Gasteiger partial charge in [0.2, 0.25) is 11.8 Å². The molecule has 2 rings (SSSR count). The molecule has 0 saturated carbocycles. The molecule has 0 atom stereocenters. The number of carbonyl (C=O) groups is 3. The van der Waals surface area contributed by atoms with Crippen molar-refractivity contribution < 1.29 is 19.1 Å². The molecule has 0 radical (unpaired) electrons. The average Bonchev–Trinajstić information content (AvgIpc) is 2.69. The second kappa shape index (κ2) is 12.2. The van der Waals surface area contributed by atoms with Crippen LogP contribution in [0, 0.1) is 5.92 Å². The van der Waals surface area contributed by atoms with Crippen molar-refractivity contribution in [2.75, 3.05) is 36.9 Å². The number of nitrogens with one attached hydrogen (secondary N) is 2. The highest BCUT2D eigenvalue weighted by Gasteiger charge is 2.26. The molecule has 1 aliphatic rings. The topological polar surface area (TPSA) is 87.7 Å². The van der Waals surface area contributed by atoms with Gasteiger partial charge in [-0.3, -0.25) is 19.3 Å². The summed E-state index contributed by atoms with van der Waals surface area (Å²) >= 11 is 0. The molecule has 29 heavy (non-hydrogen) atoms. The zero-order chi connectivity index (χ0) is 21.1. The summed E-state index contributed by atoms with van der Waals surface area (Å²) in [4.78, 5) is 38.2. The lowest BCUT2D eigenvalue weighted by molar-refractivity contribution is -0.149. The lowest BCUT2D eigenvalue weighted by Gasteiger charge is -2.30.